The predicted molar refractivity (Wildman–Crippen MR) is 324 cm³/mol. The van der Waals surface area contributed by atoms with Crippen molar-refractivity contribution >= 4 is 65.0 Å². The Morgan fingerprint density at radius 2 is 0.881 bits per heavy atom. The second-order valence-electron chi connectivity index (χ2n) is 25.7. The average molecular weight is 1190 g/mol. The third kappa shape index (κ3) is 21.7. The Bertz CT molecular complexity index is 2290. The molecule has 0 spiro atoms. The zero-order valence-electron chi connectivity index (χ0n) is 55.1. The minimum absolute atomic E-state index is 0.0192. The second-order valence-corrected chi connectivity index (χ2v) is 25.7. The van der Waals surface area contributed by atoms with Gasteiger partial charge in [-0.2, -0.15) is 0 Å². The van der Waals surface area contributed by atoms with Crippen LogP contribution >= 0.6 is 0 Å². The summed E-state index contributed by atoms with van der Waals surface area (Å²) in [6.45, 7) is 29.2. The van der Waals surface area contributed by atoms with Gasteiger partial charge in [-0.15, -0.1) is 0 Å². The van der Waals surface area contributed by atoms with Gasteiger partial charge in [-0.05, 0) is 101 Å². The van der Waals surface area contributed by atoms with E-state index < -0.39 is 156 Å². The van der Waals surface area contributed by atoms with E-state index in [4.69, 9.17) is 0 Å². The lowest BCUT2D eigenvalue weighted by Crippen LogP contribution is -2.63. The molecule has 480 valence electrons. The van der Waals surface area contributed by atoms with E-state index >= 15 is 0 Å². The molecule has 0 radical (unpaired) electrons. The maximum absolute atomic E-state index is 15.0. The van der Waals surface area contributed by atoms with Gasteiger partial charge >= 0.3 is 0 Å². The molecule has 0 aromatic rings. The summed E-state index contributed by atoms with van der Waals surface area (Å²) in [5, 5.41) is 25.5. The maximum Gasteiger partial charge on any atom is 0.245 e. The Morgan fingerprint density at radius 3 is 1.33 bits per heavy atom. The average Bonchev–Trinajstić information content (AvgIpc) is 3.53. The van der Waals surface area contributed by atoms with E-state index in [-0.39, 0.29) is 55.8 Å². The van der Waals surface area contributed by atoms with E-state index in [9.17, 15) is 57.8 Å². The number of hydrogen-bond donors (Lipinski definition) is 6. The van der Waals surface area contributed by atoms with Crippen LogP contribution in [-0.2, 0) is 52.7 Å². The number of carbonyl (C=O) groups is 11. The van der Waals surface area contributed by atoms with Crippen LogP contribution in [0.1, 0.15) is 156 Å². The quantitative estimate of drug-likeness (QED) is 0.129. The topological polar surface area (TPSA) is 288 Å². The molecule has 1 heterocycles. The number of rotatable bonds is 15. The Kier molecular flexibility index (Phi) is 31.4. The van der Waals surface area contributed by atoms with Crippen molar-refractivity contribution in [1.29, 1.82) is 0 Å². The van der Waals surface area contributed by atoms with Crippen molar-refractivity contribution in [1.82, 2.24) is 56.0 Å². The number of hydrogen-bond acceptors (Lipinski definition) is 12. The van der Waals surface area contributed by atoms with Gasteiger partial charge in [0, 0.05) is 42.3 Å². The lowest BCUT2D eigenvalue weighted by atomic mass is 9.92. The van der Waals surface area contributed by atoms with Crippen LogP contribution in [0.5, 0.6) is 0 Å². The highest BCUT2D eigenvalue weighted by atomic mass is 16.3. The van der Waals surface area contributed by atoms with Crippen LogP contribution < -0.4 is 26.6 Å². The van der Waals surface area contributed by atoms with E-state index in [2.05, 4.69) is 26.6 Å². The number of nitrogens with one attached hydrogen (secondary N) is 5. The van der Waals surface area contributed by atoms with Crippen molar-refractivity contribution in [2.24, 2.45) is 41.4 Å². The van der Waals surface area contributed by atoms with Gasteiger partial charge in [0.25, 0.3) is 0 Å². The zero-order chi connectivity index (χ0) is 65.1. The third-order valence-electron chi connectivity index (χ3n) is 15.7. The Labute approximate surface area is 502 Å². The molecular weight excluding hydrogens is 1080 g/mol. The first-order valence-electron chi connectivity index (χ1n) is 30.2. The van der Waals surface area contributed by atoms with Crippen molar-refractivity contribution in [3.63, 3.8) is 0 Å². The highest BCUT2D eigenvalue weighted by Crippen LogP contribution is 2.24. The molecular formula is C61H109N11O12. The molecule has 23 heteroatoms. The summed E-state index contributed by atoms with van der Waals surface area (Å²) >= 11 is 0. The van der Waals surface area contributed by atoms with Gasteiger partial charge in [0.2, 0.25) is 65.0 Å². The number of aliphatic hydroxyl groups excluding tert-OH is 1. The van der Waals surface area contributed by atoms with Gasteiger partial charge in [0.05, 0.1) is 12.6 Å². The summed E-state index contributed by atoms with van der Waals surface area (Å²) < 4.78 is 0. The third-order valence-corrected chi connectivity index (χ3v) is 15.7. The van der Waals surface area contributed by atoms with Crippen molar-refractivity contribution in [3.05, 3.63) is 12.2 Å². The molecule has 0 bridgehead atoms. The maximum atomic E-state index is 15.0. The number of likely N-dealkylation sites (N-methyl/N-ethyl adjacent to an activating group) is 6. The predicted octanol–water partition coefficient (Wildman–Crippen LogP) is 2.93. The minimum Gasteiger partial charge on any atom is -0.390 e. The highest BCUT2D eigenvalue weighted by Gasteiger charge is 2.44. The van der Waals surface area contributed by atoms with Crippen LogP contribution in [0, 0.1) is 41.4 Å². The van der Waals surface area contributed by atoms with E-state index in [1.807, 2.05) is 55.4 Å². The van der Waals surface area contributed by atoms with Crippen LogP contribution in [0.2, 0.25) is 0 Å². The van der Waals surface area contributed by atoms with Gasteiger partial charge in [0.15, 0.2) is 0 Å². The lowest BCUT2D eigenvalue weighted by Gasteiger charge is -2.40. The normalized spacial score (nSPS) is 27.0. The molecule has 6 N–H and O–H groups in total. The molecule has 84 heavy (non-hydrogen) atoms. The number of nitrogens with zero attached hydrogens (tertiary/aromatic N) is 6. The van der Waals surface area contributed by atoms with Gasteiger partial charge in [-0.3, -0.25) is 52.7 Å². The Balaban J connectivity index is 4.26. The molecule has 0 aliphatic carbocycles. The molecule has 1 fully saturated rings. The fourth-order valence-corrected chi connectivity index (χ4v) is 10.4. The Morgan fingerprint density at radius 1 is 0.464 bits per heavy atom. The van der Waals surface area contributed by atoms with Crippen molar-refractivity contribution in [2.45, 2.75) is 223 Å². The Hall–Kier alpha value is -6.13. The summed E-state index contributed by atoms with van der Waals surface area (Å²) in [7, 11) is 8.52. The SMILES string of the molecule is C/C=C/C[C@@H](C)[C@@H](O)[C@@H]1NC(=O)[C@@H](C(C)C)N(C)C(=O)[C@H](CC(C)C)N(C)C(=O)[C@@H](CC(C)C)N(C)C(=O)[C@@H](C)NC(=O)[C@H](C)NC(=O)[C@@H](CC(C)C)N(C)C(=O)[C@H](C(C)C)NC(=O)[C@H](CC(C)C)N(C)C(=O)CN(C)C(=O)[C@H](CC)NC1=O. The standard InChI is InChI=1S/C61H109N11O12/c1-24-26-27-39(15)51(74)49-55(78)64-42(25-2)58(81)67(18)32-47(73)68(19)43(28-33(3)4)54(77)65-48(37(11)12)61(84)69(20)44(29-34(5)6)53(76)62-40(16)52(75)63-41(17)57(80)70(21)45(30-35(7)8)59(82)71(22)46(31-36(9)10)60(83)72(23)50(38(13)14)56(79)66-49/h24,26,33-46,48-51,74H,25,27-32H2,1-23H3,(H,62,76)(H,63,75)(H,64,78)(H,65,77)(H,66,79)/b26-24+/t39-,40+,41-,42+,43+,44-,45-,46+,48+,49+,50-,51-/m1/s1. The van der Waals surface area contributed by atoms with Gasteiger partial charge in [-0.25, -0.2) is 0 Å². The van der Waals surface area contributed by atoms with E-state index in [0.717, 1.165) is 4.90 Å². The monoisotopic (exact) mass is 1190 g/mol. The molecule has 0 unspecified atom stereocenters. The molecule has 11 amide bonds. The lowest BCUT2D eigenvalue weighted by molar-refractivity contribution is -0.154. The fourth-order valence-electron chi connectivity index (χ4n) is 10.4. The smallest absolute Gasteiger partial charge is 0.245 e. The van der Waals surface area contributed by atoms with Gasteiger partial charge in [0.1, 0.15) is 60.4 Å². The van der Waals surface area contributed by atoms with Crippen molar-refractivity contribution < 1.29 is 57.8 Å². The molecule has 12 atom stereocenters. The summed E-state index contributed by atoms with van der Waals surface area (Å²) in [6.07, 6.45) is 2.99. The van der Waals surface area contributed by atoms with Crippen molar-refractivity contribution in [2.75, 3.05) is 48.8 Å². The van der Waals surface area contributed by atoms with Gasteiger partial charge in [-0.1, -0.05) is 109 Å². The summed E-state index contributed by atoms with van der Waals surface area (Å²) in [5.74, 6) is -9.87. The molecule has 0 aromatic heterocycles. The summed E-state index contributed by atoms with van der Waals surface area (Å²) in [6, 6.07) is -12.4. The molecule has 1 saturated heterocycles. The number of carbonyl (C=O) groups excluding carboxylic acids is 11. The summed E-state index contributed by atoms with van der Waals surface area (Å²) in [4.78, 5) is 166. The molecule has 0 saturated carbocycles. The van der Waals surface area contributed by atoms with Crippen LogP contribution in [-0.4, -0.2) is 215 Å². The molecule has 0 aromatic carbocycles. The largest absolute Gasteiger partial charge is 0.390 e. The van der Waals surface area contributed by atoms with E-state index in [1.165, 1.54) is 80.6 Å². The molecule has 23 nitrogen and oxygen atoms in total. The highest BCUT2D eigenvalue weighted by molar-refractivity contribution is 5.99. The minimum atomic E-state index is -1.66. The van der Waals surface area contributed by atoms with E-state index in [1.54, 1.807) is 60.6 Å². The number of aliphatic hydroxyl groups is 1. The first kappa shape index (κ1) is 75.9. The van der Waals surface area contributed by atoms with Crippen LogP contribution in [0.15, 0.2) is 12.2 Å². The van der Waals surface area contributed by atoms with Crippen LogP contribution in [0.4, 0.5) is 0 Å². The first-order chi connectivity index (χ1) is 38.8. The molecule has 1 aliphatic heterocycles. The summed E-state index contributed by atoms with van der Waals surface area (Å²) in [5.41, 5.74) is 0. The van der Waals surface area contributed by atoms with E-state index in [0.29, 0.717) is 6.42 Å². The number of amides is 11. The van der Waals surface area contributed by atoms with Crippen LogP contribution in [0.25, 0.3) is 0 Å². The van der Waals surface area contributed by atoms with Gasteiger partial charge < -0.3 is 61.1 Å². The zero-order valence-corrected chi connectivity index (χ0v) is 55.1. The van der Waals surface area contributed by atoms with Crippen LogP contribution in [0.3, 0.4) is 0 Å². The fraction of sp³-hybridized carbons (Fsp3) is 0.787. The molecule has 1 rings (SSSR count). The first-order valence-corrected chi connectivity index (χ1v) is 30.2. The second kappa shape index (κ2) is 34.7. The van der Waals surface area contributed by atoms with Crippen molar-refractivity contribution in [3.8, 4) is 0 Å². The number of allylic oxidation sites excluding steroid dienone is 2. The molecule has 1 aliphatic rings.